The number of ether oxygens (including phenoxy) is 1. The second-order valence-corrected chi connectivity index (χ2v) is 3.66. The maximum Gasteiger partial charge on any atom is 0.307 e. The third-order valence-electron chi connectivity index (χ3n) is 2.94. The number of methoxy groups -OCH3 is 1. The van der Waals surface area contributed by atoms with Gasteiger partial charge in [0.1, 0.15) is 0 Å². The number of piperazine rings is 3. The van der Waals surface area contributed by atoms with E-state index >= 15 is 0 Å². The van der Waals surface area contributed by atoms with Crippen LogP contribution in [0.5, 0.6) is 0 Å². The Kier molecular flexibility index (Phi) is 2.41. The van der Waals surface area contributed by atoms with Gasteiger partial charge in [0.15, 0.2) is 0 Å². The van der Waals surface area contributed by atoms with Gasteiger partial charge in [0.25, 0.3) is 0 Å². The first-order valence-electron chi connectivity index (χ1n) is 4.82. The SMILES string of the molecule is COC(=O)C[C@@H]1C(=O)N2CCN1CC2. The molecule has 3 rings (SSSR count). The fraction of sp³-hybridized carbons (Fsp3) is 0.778. The summed E-state index contributed by atoms with van der Waals surface area (Å²) in [6, 6.07) is -0.273. The van der Waals surface area contributed by atoms with Crippen LogP contribution < -0.4 is 0 Å². The maximum absolute atomic E-state index is 11.7. The predicted molar refractivity (Wildman–Crippen MR) is 48.6 cm³/mol. The summed E-state index contributed by atoms with van der Waals surface area (Å²) < 4.78 is 4.57. The first kappa shape index (κ1) is 9.45. The molecule has 0 spiro atoms. The minimum absolute atomic E-state index is 0.0768. The topological polar surface area (TPSA) is 49.9 Å². The number of esters is 1. The van der Waals surface area contributed by atoms with E-state index in [-0.39, 0.29) is 24.3 Å². The molecular weight excluding hydrogens is 184 g/mol. The molecule has 78 valence electrons. The summed E-state index contributed by atoms with van der Waals surface area (Å²) in [7, 11) is 1.35. The Bertz CT molecular complexity index is 259. The number of nitrogens with zero attached hydrogens (tertiary/aromatic N) is 2. The zero-order valence-electron chi connectivity index (χ0n) is 8.23. The molecule has 3 heterocycles. The average Bonchev–Trinajstić information content (AvgIpc) is 2.23. The van der Waals surface area contributed by atoms with Crippen molar-refractivity contribution in [3.8, 4) is 0 Å². The van der Waals surface area contributed by atoms with Gasteiger partial charge in [-0.3, -0.25) is 14.5 Å². The van der Waals surface area contributed by atoms with Gasteiger partial charge >= 0.3 is 5.97 Å². The number of carbonyl (C=O) groups is 2. The molecule has 3 saturated heterocycles. The van der Waals surface area contributed by atoms with E-state index in [1.54, 1.807) is 0 Å². The van der Waals surface area contributed by atoms with Gasteiger partial charge < -0.3 is 9.64 Å². The molecule has 1 atom stereocenters. The number of hydrogen-bond donors (Lipinski definition) is 0. The van der Waals surface area contributed by atoms with Crippen molar-refractivity contribution >= 4 is 11.9 Å². The first-order chi connectivity index (χ1) is 6.72. The molecule has 0 aliphatic carbocycles. The highest BCUT2D eigenvalue weighted by molar-refractivity contribution is 5.87. The monoisotopic (exact) mass is 198 g/mol. The van der Waals surface area contributed by atoms with Crippen molar-refractivity contribution in [2.45, 2.75) is 12.5 Å². The van der Waals surface area contributed by atoms with Crippen LogP contribution in [0.3, 0.4) is 0 Å². The van der Waals surface area contributed by atoms with Crippen LogP contribution in [-0.2, 0) is 14.3 Å². The largest absolute Gasteiger partial charge is 0.469 e. The average molecular weight is 198 g/mol. The first-order valence-corrected chi connectivity index (χ1v) is 4.82. The summed E-state index contributed by atoms with van der Waals surface area (Å²) in [5.41, 5.74) is 0. The van der Waals surface area contributed by atoms with Crippen molar-refractivity contribution in [1.29, 1.82) is 0 Å². The van der Waals surface area contributed by atoms with Crippen LogP contribution in [0.25, 0.3) is 0 Å². The summed E-state index contributed by atoms with van der Waals surface area (Å²) in [5, 5.41) is 0. The van der Waals surface area contributed by atoms with Gasteiger partial charge in [0.05, 0.1) is 19.6 Å². The Morgan fingerprint density at radius 1 is 1.43 bits per heavy atom. The predicted octanol–water partition coefficient (Wildman–Crippen LogP) is -0.924. The zero-order chi connectivity index (χ0) is 10.1. The smallest absolute Gasteiger partial charge is 0.307 e. The molecule has 5 heteroatoms. The van der Waals surface area contributed by atoms with Gasteiger partial charge in [-0.25, -0.2) is 0 Å². The lowest BCUT2D eigenvalue weighted by Gasteiger charge is -2.46. The molecular formula is C9H14N2O3. The molecule has 0 radical (unpaired) electrons. The van der Waals surface area contributed by atoms with E-state index in [9.17, 15) is 9.59 Å². The molecule has 0 saturated carbocycles. The molecule has 1 amide bonds. The van der Waals surface area contributed by atoms with Gasteiger partial charge in [-0.1, -0.05) is 0 Å². The lowest BCUT2D eigenvalue weighted by molar-refractivity contribution is -0.155. The minimum Gasteiger partial charge on any atom is -0.469 e. The van der Waals surface area contributed by atoms with Crippen LogP contribution in [0.15, 0.2) is 0 Å². The summed E-state index contributed by atoms with van der Waals surface area (Å²) in [4.78, 5) is 26.7. The molecule has 3 aliphatic rings. The fourth-order valence-corrected chi connectivity index (χ4v) is 2.08. The standard InChI is InChI=1S/C9H14N2O3/c1-14-8(12)6-7-9(13)11-4-2-10(7)3-5-11/h7H,2-6H2,1H3/t7-/m1/s1. The van der Waals surface area contributed by atoms with Crippen molar-refractivity contribution in [1.82, 2.24) is 9.80 Å². The zero-order valence-corrected chi connectivity index (χ0v) is 8.23. The van der Waals surface area contributed by atoms with Crippen LogP contribution in [0.1, 0.15) is 6.42 Å². The van der Waals surface area contributed by atoms with Crippen LogP contribution in [0.2, 0.25) is 0 Å². The summed E-state index contributed by atoms with van der Waals surface area (Å²) >= 11 is 0. The van der Waals surface area contributed by atoms with Crippen molar-refractivity contribution in [3.63, 3.8) is 0 Å². The fourth-order valence-electron chi connectivity index (χ4n) is 2.08. The van der Waals surface area contributed by atoms with Crippen LogP contribution in [-0.4, -0.2) is 61.0 Å². The quantitative estimate of drug-likeness (QED) is 0.538. The van der Waals surface area contributed by atoms with E-state index in [0.29, 0.717) is 0 Å². The molecule has 3 fully saturated rings. The van der Waals surface area contributed by atoms with E-state index in [1.807, 2.05) is 4.90 Å². The third kappa shape index (κ3) is 1.48. The number of hydrogen-bond acceptors (Lipinski definition) is 4. The Hall–Kier alpha value is -1.10. The second-order valence-electron chi connectivity index (χ2n) is 3.66. The molecule has 0 aromatic heterocycles. The molecule has 0 unspecified atom stereocenters. The summed E-state index contributed by atoms with van der Waals surface area (Å²) in [5.74, 6) is -0.231. The Balaban J connectivity index is 2.04. The summed E-state index contributed by atoms with van der Waals surface area (Å²) in [6.45, 7) is 3.37. The Morgan fingerprint density at radius 3 is 2.57 bits per heavy atom. The third-order valence-corrected chi connectivity index (χ3v) is 2.94. The van der Waals surface area contributed by atoms with Gasteiger partial charge in [0.2, 0.25) is 5.91 Å². The van der Waals surface area contributed by atoms with Gasteiger partial charge in [-0.05, 0) is 0 Å². The summed E-state index contributed by atoms with van der Waals surface area (Å²) in [6.07, 6.45) is 0.186. The highest BCUT2D eigenvalue weighted by Crippen LogP contribution is 2.19. The molecule has 0 aromatic rings. The van der Waals surface area contributed by atoms with E-state index in [1.165, 1.54) is 7.11 Å². The van der Waals surface area contributed by atoms with Crippen LogP contribution in [0.4, 0.5) is 0 Å². The number of fused-ring (bicyclic) bond motifs is 3. The molecule has 14 heavy (non-hydrogen) atoms. The van der Waals surface area contributed by atoms with E-state index in [2.05, 4.69) is 9.64 Å². The van der Waals surface area contributed by atoms with Crippen molar-refractivity contribution in [2.75, 3.05) is 33.3 Å². The van der Waals surface area contributed by atoms with Crippen LogP contribution in [0, 0.1) is 0 Å². The molecule has 5 nitrogen and oxygen atoms in total. The molecule has 3 aliphatic heterocycles. The molecule has 2 bridgehead atoms. The van der Waals surface area contributed by atoms with Crippen LogP contribution >= 0.6 is 0 Å². The molecule has 0 N–H and O–H groups in total. The van der Waals surface area contributed by atoms with Crippen molar-refractivity contribution in [2.24, 2.45) is 0 Å². The van der Waals surface area contributed by atoms with E-state index in [4.69, 9.17) is 0 Å². The Labute approximate surface area is 82.6 Å². The van der Waals surface area contributed by atoms with Crippen molar-refractivity contribution in [3.05, 3.63) is 0 Å². The highest BCUT2D eigenvalue weighted by atomic mass is 16.5. The number of carbonyl (C=O) groups excluding carboxylic acids is 2. The van der Waals surface area contributed by atoms with Gasteiger partial charge in [-0.15, -0.1) is 0 Å². The number of amides is 1. The van der Waals surface area contributed by atoms with E-state index in [0.717, 1.165) is 26.2 Å². The van der Waals surface area contributed by atoms with Gasteiger partial charge in [0, 0.05) is 26.2 Å². The Morgan fingerprint density at radius 2 is 2.07 bits per heavy atom. The normalized spacial score (nSPS) is 30.6. The minimum atomic E-state index is -0.308. The maximum atomic E-state index is 11.7. The second kappa shape index (κ2) is 3.57. The molecule has 0 aromatic carbocycles. The lowest BCUT2D eigenvalue weighted by atomic mass is 10.0. The lowest BCUT2D eigenvalue weighted by Crippen LogP contribution is -2.64. The van der Waals surface area contributed by atoms with E-state index < -0.39 is 0 Å². The number of rotatable bonds is 2. The van der Waals surface area contributed by atoms with Crippen molar-refractivity contribution < 1.29 is 14.3 Å². The highest BCUT2D eigenvalue weighted by Gasteiger charge is 2.40. The van der Waals surface area contributed by atoms with Gasteiger partial charge in [-0.2, -0.15) is 0 Å².